The van der Waals surface area contributed by atoms with E-state index >= 15 is 0 Å². The van der Waals surface area contributed by atoms with Gasteiger partial charge >= 0.3 is 0 Å². The van der Waals surface area contributed by atoms with Gasteiger partial charge in [-0.05, 0) is 35.7 Å². The van der Waals surface area contributed by atoms with Crippen molar-refractivity contribution < 1.29 is 4.79 Å². The second kappa shape index (κ2) is 6.96. The lowest BCUT2D eigenvalue weighted by atomic mass is 10.2. The summed E-state index contributed by atoms with van der Waals surface area (Å²) in [4.78, 5) is 18.5. The monoisotopic (exact) mass is 363 g/mol. The van der Waals surface area contributed by atoms with Crippen LogP contribution in [0.1, 0.15) is 15.2 Å². The Balaban J connectivity index is 1.76. The number of benzene rings is 2. The average molecular weight is 363 g/mol. The van der Waals surface area contributed by atoms with Gasteiger partial charge in [0.15, 0.2) is 0 Å². The number of nitrogens with zero attached hydrogens (tertiary/aromatic N) is 3. The highest BCUT2D eigenvalue weighted by atomic mass is 32.1. The van der Waals surface area contributed by atoms with Gasteiger partial charge in [0.25, 0.3) is 5.91 Å². The molecule has 4 aromatic rings. The number of carbonyl (C=O) groups is 1. The zero-order chi connectivity index (χ0) is 17.1. The fourth-order valence-electron chi connectivity index (χ4n) is 2.32. The highest BCUT2D eigenvalue weighted by Crippen LogP contribution is 2.29. The number of hydrogen-bond donors (Lipinski definition) is 0. The Morgan fingerprint density at radius 2 is 1.80 bits per heavy atom. The molecule has 0 saturated heterocycles. The summed E-state index contributed by atoms with van der Waals surface area (Å²) in [6.07, 6.45) is 1.69. The largest absolute Gasteiger partial charge is 0.280 e. The molecule has 0 aliphatic rings. The van der Waals surface area contributed by atoms with Crippen molar-refractivity contribution in [2.45, 2.75) is 0 Å². The molecule has 25 heavy (non-hydrogen) atoms. The minimum atomic E-state index is -0.201. The van der Waals surface area contributed by atoms with Gasteiger partial charge in [0.2, 0.25) is 5.13 Å². The summed E-state index contributed by atoms with van der Waals surface area (Å²) < 4.78 is 1.02. The maximum Gasteiger partial charge on any atom is 0.280 e. The van der Waals surface area contributed by atoms with E-state index in [9.17, 15) is 4.79 Å². The normalized spacial score (nSPS) is 11.2. The number of hydrogen-bond acceptors (Lipinski definition) is 5. The number of para-hydroxylation sites is 1. The Kier molecular flexibility index (Phi) is 4.37. The molecule has 0 fully saturated rings. The number of thiazole rings is 1. The van der Waals surface area contributed by atoms with Crippen molar-refractivity contribution in [1.82, 2.24) is 4.98 Å². The molecule has 4 nitrogen and oxygen atoms in total. The number of hydrazone groups is 1. The van der Waals surface area contributed by atoms with Crippen molar-refractivity contribution in [3.8, 4) is 0 Å². The molecular weight excluding hydrogens is 350 g/mol. The number of anilines is 1. The highest BCUT2D eigenvalue weighted by molar-refractivity contribution is 7.22. The molecule has 0 aliphatic heterocycles. The Hall–Kier alpha value is -2.83. The lowest BCUT2D eigenvalue weighted by molar-refractivity contribution is 0.0988. The second-order valence-corrected chi connectivity index (χ2v) is 7.20. The number of aromatic nitrogens is 1. The lowest BCUT2D eigenvalue weighted by Crippen LogP contribution is -2.25. The molecule has 2 aromatic heterocycles. The van der Waals surface area contributed by atoms with Gasteiger partial charge in [-0.3, -0.25) is 4.79 Å². The highest BCUT2D eigenvalue weighted by Gasteiger charge is 2.20. The van der Waals surface area contributed by atoms with Crippen molar-refractivity contribution in [3.63, 3.8) is 0 Å². The van der Waals surface area contributed by atoms with Crippen LogP contribution in [-0.4, -0.2) is 17.1 Å². The Morgan fingerprint density at radius 3 is 2.56 bits per heavy atom. The maximum absolute atomic E-state index is 13.0. The summed E-state index contributed by atoms with van der Waals surface area (Å²) in [6, 6.07) is 20.9. The van der Waals surface area contributed by atoms with Gasteiger partial charge in [0, 0.05) is 10.4 Å². The first-order valence-corrected chi connectivity index (χ1v) is 9.33. The fourth-order valence-corrected chi connectivity index (χ4v) is 3.82. The van der Waals surface area contributed by atoms with Crippen LogP contribution in [0.25, 0.3) is 10.2 Å². The van der Waals surface area contributed by atoms with Crippen molar-refractivity contribution in [2.75, 3.05) is 5.01 Å². The van der Waals surface area contributed by atoms with Crippen LogP contribution < -0.4 is 5.01 Å². The van der Waals surface area contributed by atoms with Crippen LogP contribution in [0, 0.1) is 0 Å². The van der Waals surface area contributed by atoms with E-state index in [1.165, 1.54) is 16.3 Å². The zero-order valence-electron chi connectivity index (χ0n) is 13.1. The molecule has 6 heteroatoms. The summed E-state index contributed by atoms with van der Waals surface area (Å²) in [5.41, 5.74) is 1.43. The predicted octanol–water partition coefficient (Wildman–Crippen LogP) is 5.04. The van der Waals surface area contributed by atoms with Gasteiger partial charge in [-0.25, -0.2) is 4.98 Å². The van der Waals surface area contributed by atoms with E-state index in [2.05, 4.69) is 10.1 Å². The second-order valence-electron chi connectivity index (χ2n) is 5.21. The van der Waals surface area contributed by atoms with Gasteiger partial charge in [-0.1, -0.05) is 47.7 Å². The van der Waals surface area contributed by atoms with E-state index in [0.29, 0.717) is 10.7 Å². The van der Waals surface area contributed by atoms with Crippen LogP contribution in [0.15, 0.2) is 77.2 Å². The van der Waals surface area contributed by atoms with Crippen LogP contribution in [0.3, 0.4) is 0 Å². The van der Waals surface area contributed by atoms with Crippen LogP contribution in [0.5, 0.6) is 0 Å². The van der Waals surface area contributed by atoms with E-state index in [-0.39, 0.29) is 5.91 Å². The predicted molar refractivity (Wildman–Crippen MR) is 105 cm³/mol. The molecule has 4 rings (SSSR count). The van der Waals surface area contributed by atoms with Crippen molar-refractivity contribution in [3.05, 3.63) is 82.6 Å². The molecule has 0 aliphatic carbocycles. The first-order valence-electron chi connectivity index (χ1n) is 7.64. The Labute approximate surface area is 152 Å². The van der Waals surface area contributed by atoms with E-state index in [1.807, 2.05) is 60.0 Å². The van der Waals surface area contributed by atoms with E-state index in [4.69, 9.17) is 0 Å². The topological polar surface area (TPSA) is 45.6 Å². The smallest absolute Gasteiger partial charge is 0.267 e. The maximum atomic E-state index is 13.0. The summed E-state index contributed by atoms with van der Waals surface area (Å²) in [6.45, 7) is 0. The molecule has 122 valence electrons. The van der Waals surface area contributed by atoms with Gasteiger partial charge in [0.1, 0.15) is 0 Å². The minimum Gasteiger partial charge on any atom is -0.267 e. The fraction of sp³-hybridized carbons (Fsp3) is 0. The molecule has 0 spiro atoms. The molecule has 0 bridgehead atoms. The first-order chi connectivity index (χ1) is 12.3. The molecule has 2 heterocycles. The Morgan fingerprint density at radius 1 is 1.00 bits per heavy atom. The van der Waals surface area contributed by atoms with Crippen molar-refractivity contribution >= 4 is 50.1 Å². The number of thiophene rings is 1. The molecule has 0 saturated carbocycles. The quantitative estimate of drug-likeness (QED) is 0.377. The molecule has 1 amide bonds. The van der Waals surface area contributed by atoms with Crippen LogP contribution in [0.2, 0.25) is 0 Å². The van der Waals surface area contributed by atoms with Crippen LogP contribution in [-0.2, 0) is 0 Å². The van der Waals surface area contributed by atoms with Gasteiger partial charge in [-0.2, -0.15) is 10.1 Å². The Bertz CT molecular complexity index is 990. The molecule has 0 atom stereocenters. The SMILES string of the molecule is O=C(c1ccccc1)N(/N=C\c1cccs1)c1nc2ccccc2s1. The molecule has 0 radical (unpaired) electrons. The summed E-state index contributed by atoms with van der Waals surface area (Å²) >= 11 is 3.02. The number of amides is 1. The van der Waals surface area contributed by atoms with Crippen LogP contribution in [0.4, 0.5) is 5.13 Å². The van der Waals surface area contributed by atoms with E-state index in [0.717, 1.165) is 15.1 Å². The molecule has 0 unspecified atom stereocenters. The molecule has 2 aromatic carbocycles. The summed E-state index contributed by atoms with van der Waals surface area (Å²) in [5, 5.41) is 8.33. The van der Waals surface area contributed by atoms with E-state index in [1.54, 1.807) is 29.7 Å². The van der Waals surface area contributed by atoms with Gasteiger partial charge in [-0.15, -0.1) is 11.3 Å². The number of carbonyl (C=O) groups excluding carboxylic acids is 1. The summed E-state index contributed by atoms with van der Waals surface area (Å²) in [7, 11) is 0. The zero-order valence-corrected chi connectivity index (χ0v) is 14.7. The molecule has 0 N–H and O–H groups in total. The van der Waals surface area contributed by atoms with Crippen molar-refractivity contribution in [1.29, 1.82) is 0 Å². The lowest BCUT2D eigenvalue weighted by Gasteiger charge is -2.13. The third-order valence-corrected chi connectivity index (χ3v) is 5.34. The first kappa shape index (κ1) is 15.7. The van der Waals surface area contributed by atoms with Gasteiger partial charge in [0.05, 0.1) is 16.4 Å². The minimum absolute atomic E-state index is 0.201. The third-order valence-electron chi connectivity index (χ3n) is 3.52. The number of fused-ring (bicyclic) bond motifs is 1. The summed E-state index contributed by atoms with van der Waals surface area (Å²) in [5.74, 6) is -0.201. The van der Waals surface area contributed by atoms with Gasteiger partial charge < -0.3 is 0 Å². The third kappa shape index (κ3) is 3.35. The average Bonchev–Trinajstić information content (AvgIpc) is 3.32. The number of rotatable bonds is 4. The standard InChI is InChI=1S/C19H13N3OS2/c23-18(14-7-2-1-3-8-14)22(20-13-15-9-6-12-24-15)19-21-16-10-4-5-11-17(16)25-19/h1-13H/b20-13-. The van der Waals surface area contributed by atoms with E-state index < -0.39 is 0 Å². The molecular formula is C19H13N3OS2. The van der Waals surface area contributed by atoms with Crippen molar-refractivity contribution in [2.24, 2.45) is 5.10 Å². The van der Waals surface area contributed by atoms with Crippen LogP contribution >= 0.6 is 22.7 Å².